The van der Waals surface area contributed by atoms with Crippen LogP contribution < -0.4 is 5.32 Å². The maximum absolute atomic E-state index is 11.9. The number of nitrogens with one attached hydrogen (secondary N) is 1. The van der Waals surface area contributed by atoms with E-state index in [-0.39, 0.29) is 18.6 Å². The molecule has 104 valence electrons. The Morgan fingerprint density at radius 1 is 1.53 bits per heavy atom. The molecule has 1 aliphatic heterocycles. The molecule has 0 aliphatic carbocycles. The first-order valence-corrected chi connectivity index (χ1v) is 6.31. The number of carbonyl (C=O) groups excluding carboxylic acids is 1. The normalized spacial score (nSPS) is 18.9. The fourth-order valence-corrected chi connectivity index (χ4v) is 2.03. The van der Waals surface area contributed by atoms with Gasteiger partial charge in [0, 0.05) is 31.4 Å². The highest BCUT2D eigenvalue weighted by molar-refractivity contribution is 5.89. The molecule has 7 heteroatoms. The molecule has 2 N–H and O–H groups in total. The van der Waals surface area contributed by atoms with E-state index in [0.717, 1.165) is 0 Å². The van der Waals surface area contributed by atoms with Crippen LogP contribution in [0.1, 0.15) is 26.3 Å². The first-order chi connectivity index (χ1) is 8.97. The van der Waals surface area contributed by atoms with Crippen molar-refractivity contribution in [1.82, 2.24) is 14.7 Å². The minimum atomic E-state index is -0.848. The summed E-state index contributed by atoms with van der Waals surface area (Å²) in [6.45, 7) is 4.72. The van der Waals surface area contributed by atoms with Gasteiger partial charge in [-0.2, -0.15) is 5.10 Å². The average Bonchev–Trinajstić information content (AvgIpc) is 2.96. The maximum atomic E-state index is 11.9. The van der Waals surface area contributed by atoms with Crippen LogP contribution in [0.4, 0.5) is 10.6 Å². The molecule has 0 saturated carbocycles. The van der Waals surface area contributed by atoms with Crippen molar-refractivity contribution in [2.75, 3.05) is 18.4 Å². The number of carbonyl (C=O) groups is 2. The van der Waals surface area contributed by atoms with E-state index in [2.05, 4.69) is 10.4 Å². The van der Waals surface area contributed by atoms with Gasteiger partial charge in [-0.15, -0.1) is 0 Å². The highest BCUT2D eigenvalue weighted by Gasteiger charge is 2.31. The number of urea groups is 1. The lowest BCUT2D eigenvalue weighted by Crippen LogP contribution is -2.34. The Balaban J connectivity index is 1.92. The fraction of sp³-hybridized carbons (Fsp3) is 0.583. The molecule has 19 heavy (non-hydrogen) atoms. The van der Waals surface area contributed by atoms with Crippen LogP contribution in [-0.4, -0.2) is 44.9 Å². The van der Waals surface area contributed by atoms with Crippen molar-refractivity contribution >= 4 is 17.8 Å². The summed E-state index contributed by atoms with van der Waals surface area (Å²) in [6, 6.07) is 1.66. The first kappa shape index (κ1) is 13.4. The molecule has 2 rings (SSSR count). The number of likely N-dealkylation sites (tertiary alicyclic amines) is 1. The minimum Gasteiger partial charge on any atom is -0.481 e. The van der Waals surface area contributed by atoms with Crippen LogP contribution in [-0.2, 0) is 4.79 Å². The summed E-state index contributed by atoms with van der Waals surface area (Å²) in [5.41, 5.74) is 0. The molecule has 7 nitrogen and oxygen atoms in total. The predicted octanol–water partition coefficient (Wildman–Crippen LogP) is 1.40. The maximum Gasteiger partial charge on any atom is 0.323 e. The van der Waals surface area contributed by atoms with Gasteiger partial charge in [0.25, 0.3) is 0 Å². The van der Waals surface area contributed by atoms with Crippen molar-refractivity contribution in [2.45, 2.75) is 26.3 Å². The van der Waals surface area contributed by atoms with Gasteiger partial charge in [-0.05, 0) is 20.3 Å². The molecule has 2 heterocycles. The van der Waals surface area contributed by atoms with Crippen molar-refractivity contribution in [2.24, 2.45) is 5.92 Å². The number of carboxylic acid groups (broad SMARTS) is 1. The topological polar surface area (TPSA) is 87.5 Å². The molecular formula is C12H18N4O3. The molecule has 1 aromatic heterocycles. The summed E-state index contributed by atoms with van der Waals surface area (Å²) in [4.78, 5) is 24.3. The number of amides is 2. The first-order valence-electron chi connectivity index (χ1n) is 6.31. The van der Waals surface area contributed by atoms with Gasteiger partial charge in [-0.1, -0.05) is 0 Å². The van der Waals surface area contributed by atoms with Gasteiger partial charge in [0.1, 0.15) is 0 Å². The van der Waals surface area contributed by atoms with Crippen molar-refractivity contribution in [3.05, 3.63) is 12.3 Å². The molecule has 1 unspecified atom stereocenters. The second kappa shape index (κ2) is 5.29. The fourth-order valence-electron chi connectivity index (χ4n) is 2.03. The van der Waals surface area contributed by atoms with E-state index in [9.17, 15) is 9.59 Å². The largest absolute Gasteiger partial charge is 0.481 e. The summed E-state index contributed by atoms with van der Waals surface area (Å²) in [6.07, 6.45) is 2.30. The molecule has 1 aliphatic rings. The number of aromatic nitrogens is 2. The summed E-state index contributed by atoms with van der Waals surface area (Å²) in [5.74, 6) is -0.823. The number of rotatable bonds is 3. The summed E-state index contributed by atoms with van der Waals surface area (Å²) in [7, 11) is 0. The monoisotopic (exact) mass is 266 g/mol. The van der Waals surface area contributed by atoms with Crippen molar-refractivity contribution in [1.29, 1.82) is 0 Å². The van der Waals surface area contributed by atoms with Crippen LogP contribution in [0.15, 0.2) is 12.3 Å². The minimum absolute atomic E-state index is 0.230. The Labute approximate surface area is 111 Å². The number of aliphatic carboxylic acids is 1. The third-order valence-electron chi connectivity index (χ3n) is 3.20. The number of nitrogens with zero attached hydrogens (tertiary/aromatic N) is 3. The van der Waals surface area contributed by atoms with Gasteiger partial charge < -0.3 is 10.0 Å². The molecule has 1 saturated heterocycles. The van der Waals surface area contributed by atoms with Gasteiger partial charge in [0.15, 0.2) is 5.82 Å². The van der Waals surface area contributed by atoms with Gasteiger partial charge in [0.2, 0.25) is 0 Å². The number of hydrogen-bond acceptors (Lipinski definition) is 3. The predicted molar refractivity (Wildman–Crippen MR) is 68.9 cm³/mol. The van der Waals surface area contributed by atoms with E-state index in [0.29, 0.717) is 18.8 Å². The van der Waals surface area contributed by atoms with Crippen LogP contribution in [0.2, 0.25) is 0 Å². The lowest BCUT2D eigenvalue weighted by Gasteiger charge is -2.15. The molecule has 1 aromatic rings. The quantitative estimate of drug-likeness (QED) is 0.865. The van der Waals surface area contributed by atoms with E-state index in [1.54, 1.807) is 16.9 Å². The van der Waals surface area contributed by atoms with Crippen LogP contribution in [0.25, 0.3) is 0 Å². The van der Waals surface area contributed by atoms with Gasteiger partial charge in [-0.25, -0.2) is 4.79 Å². The molecule has 0 aromatic carbocycles. The van der Waals surface area contributed by atoms with E-state index < -0.39 is 11.9 Å². The Bertz CT molecular complexity index is 483. The summed E-state index contributed by atoms with van der Waals surface area (Å²) < 4.78 is 1.75. The molecule has 2 amide bonds. The Morgan fingerprint density at radius 3 is 2.79 bits per heavy atom. The van der Waals surface area contributed by atoms with E-state index in [4.69, 9.17) is 5.11 Å². The second-order valence-corrected chi connectivity index (χ2v) is 4.97. The molecule has 0 bridgehead atoms. The molecule has 0 spiro atoms. The Morgan fingerprint density at radius 2 is 2.26 bits per heavy atom. The van der Waals surface area contributed by atoms with Gasteiger partial charge >= 0.3 is 12.0 Å². The lowest BCUT2D eigenvalue weighted by atomic mass is 10.1. The molecular weight excluding hydrogens is 248 g/mol. The zero-order valence-electron chi connectivity index (χ0n) is 11.0. The van der Waals surface area contributed by atoms with Crippen LogP contribution in [0.3, 0.4) is 0 Å². The third-order valence-corrected chi connectivity index (χ3v) is 3.20. The molecule has 0 radical (unpaired) electrons. The Kier molecular flexibility index (Phi) is 3.73. The zero-order valence-corrected chi connectivity index (χ0v) is 11.0. The standard InChI is InChI=1S/C12H18N4O3/c1-8(2)16-6-4-10(14-16)13-12(19)15-5-3-9(7-15)11(17)18/h4,6,8-9H,3,5,7H2,1-2H3,(H,17,18)(H,13,14,19). The zero-order chi connectivity index (χ0) is 14.0. The Hall–Kier alpha value is -2.05. The third kappa shape index (κ3) is 3.04. The molecule has 1 fully saturated rings. The van der Waals surface area contributed by atoms with Crippen molar-refractivity contribution in [3.8, 4) is 0 Å². The van der Waals surface area contributed by atoms with Crippen LogP contribution >= 0.6 is 0 Å². The van der Waals surface area contributed by atoms with Crippen molar-refractivity contribution < 1.29 is 14.7 Å². The lowest BCUT2D eigenvalue weighted by molar-refractivity contribution is -0.141. The van der Waals surface area contributed by atoms with E-state index >= 15 is 0 Å². The van der Waals surface area contributed by atoms with Crippen molar-refractivity contribution in [3.63, 3.8) is 0 Å². The summed E-state index contributed by atoms with van der Waals surface area (Å²) in [5, 5.41) is 15.8. The SMILES string of the molecule is CC(C)n1ccc(NC(=O)N2CCC(C(=O)O)C2)n1. The van der Waals surface area contributed by atoms with E-state index in [1.165, 1.54) is 4.90 Å². The van der Waals surface area contributed by atoms with Gasteiger partial charge in [-0.3, -0.25) is 14.8 Å². The number of carboxylic acids is 1. The summed E-state index contributed by atoms with van der Waals surface area (Å²) >= 11 is 0. The smallest absolute Gasteiger partial charge is 0.323 e. The van der Waals surface area contributed by atoms with Crippen LogP contribution in [0, 0.1) is 5.92 Å². The highest BCUT2D eigenvalue weighted by Crippen LogP contribution is 2.17. The number of hydrogen-bond donors (Lipinski definition) is 2. The van der Waals surface area contributed by atoms with E-state index in [1.807, 2.05) is 13.8 Å². The number of anilines is 1. The second-order valence-electron chi connectivity index (χ2n) is 4.97. The highest BCUT2D eigenvalue weighted by atomic mass is 16.4. The average molecular weight is 266 g/mol. The molecule has 1 atom stereocenters. The van der Waals surface area contributed by atoms with Crippen LogP contribution in [0.5, 0.6) is 0 Å². The van der Waals surface area contributed by atoms with Gasteiger partial charge in [0.05, 0.1) is 5.92 Å².